The molecule has 18 heavy (non-hydrogen) atoms. The van der Waals surface area contributed by atoms with E-state index in [-0.39, 0.29) is 17.9 Å². The van der Waals surface area contributed by atoms with E-state index >= 15 is 0 Å². The zero-order valence-electron chi connectivity index (χ0n) is 9.45. The topological polar surface area (TPSA) is 55.8 Å². The Morgan fingerprint density at radius 3 is 2.56 bits per heavy atom. The van der Waals surface area contributed by atoms with Crippen molar-refractivity contribution in [1.29, 1.82) is 0 Å². The SMILES string of the molecule is Cc1c(OCCOC(F)(F)F)cccc1C(=O)O. The van der Waals surface area contributed by atoms with E-state index < -0.39 is 18.9 Å². The third kappa shape index (κ3) is 4.25. The minimum Gasteiger partial charge on any atom is -0.491 e. The molecule has 0 fully saturated rings. The zero-order chi connectivity index (χ0) is 13.8. The zero-order valence-corrected chi connectivity index (χ0v) is 9.45. The number of halogens is 3. The van der Waals surface area contributed by atoms with Gasteiger partial charge in [-0.25, -0.2) is 4.79 Å². The summed E-state index contributed by atoms with van der Waals surface area (Å²) in [5.74, 6) is -0.898. The van der Waals surface area contributed by atoms with Crippen molar-refractivity contribution in [3.63, 3.8) is 0 Å². The van der Waals surface area contributed by atoms with E-state index in [1.807, 2.05) is 0 Å². The van der Waals surface area contributed by atoms with Crippen molar-refractivity contribution in [3.05, 3.63) is 29.3 Å². The standard InChI is InChI=1S/C11H11F3O4/c1-7-8(10(15)16)3-2-4-9(7)17-5-6-18-11(12,13)14/h2-4H,5-6H2,1H3,(H,15,16). The highest BCUT2D eigenvalue weighted by Crippen LogP contribution is 2.21. The largest absolute Gasteiger partial charge is 0.522 e. The fourth-order valence-corrected chi connectivity index (χ4v) is 1.31. The average Bonchev–Trinajstić information content (AvgIpc) is 2.24. The van der Waals surface area contributed by atoms with Gasteiger partial charge in [0, 0.05) is 5.56 Å². The lowest BCUT2D eigenvalue weighted by Gasteiger charge is -2.11. The van der Waals surface area contributed by atoms with Gasteiger partial charge < -0.3 is 9.84 Å². The van der Waals surface area contributed by atoms with Crippen LogP contribution in [0.3, 0.4) is 0 Å². The molecule has 0 aliphatic heterocycles. The summed E-state index contributed by atoms with van der Waals surface area (Å²) < 4.78 is 43.6. The fraction of sp³-hybridized carbons (Fsp3) is 0.364. The maximum Gasteiger partial charge on any atom is 0.522 e. The van der Waals surface area contributed by atoms with Crippen LogP contribution in [0.5, 0.6) is 5.75 Å². The Hall–Kier alpha value is -1.76. The number of carboxylic acids is 1. The van der Waals surface area contributed by atoms with Gasteiger partial charge in [-0.05, 0) is 19.1 Å². The number of rotatable bonds is 5. The number of ether oxygens (including phenoxy) is 2. The maximum atomic E-state index is 11.7. The number of aromatic carboxylic acids is 1. The lowest BCUT2D eigenvalue weighted by Crippen LogP contribution is -2.18. The van der Waals surface area contributed by atoms with E-state index in [0.29, 0.717) is 5.56 Å². The first-order chi connectivity index (χ1) is 8.31. The van der Waals surface area contributed by atoms with Gasteiger partial charge in [0.25, 0.3) is 0 Å². The highest BCUT2D eigenvalue weighted by Gasteiger charge is 2.28. The number of benzene rings is 1. The summed E-state index contributed by atoms with van der Waals surface area (Å²) in [6, 6.07) is 4.32. The van der Waals surface area contributed by atoms with Crippen molar-refractivity contribution >= 4 is 5.97 Å². The predicted molar refractivity (Wildman–Crippen MR) is 55.6 cm³/mol. The Morgan fingerprint density at radius 1 is 1.33 bits per heavy atom. The highest BCUT2D eigenvalue weighted by atomic mass is 19.4. The second-order valence-corrected chi connectivity index (χ2v) is 3.38. The molecule has 7 heteroatoms. The summed E-state index contributed by atoms with van der Waals surface area (Å²) in [4.78, 5) is 10.8. The summed E-state index contributed by atoms with van der Waals surface area (Å²) in [5.41, 5.74) is 0.404. The van der Waals surface area contributed by atoms with Crippen molar-refractivity contribution in [3.8, 4) is 5.75 Å². The summed E-state index contributed by atoms with van der Waals surface area (Å²) in [7, 11) is 0. The Labute approximate surface area is 101 Å². The van der Waals surface area contributed by atoms with Gasteiger partial charge in [-0.15, -0.1) is 13.2 Å². The van der Waals surface area contributed by atoms with Crippen LogP contribution in [-0.2, 0) is 4.74 Å². The molecule has 0 radical (unpaired) electrons. The molecular formula is C11H11F3O4. The first kappa shape index (κ1) is 14.3. The van der Waals surface area contributed by atoms with Gasteiger partial charge in [-0.2, -0.15) is 0 Å². The molecule has 0 aromatic heterocycles. The van der Waals surface area contributed by atoms with Crippen molar-refractivity contribution in [2.45, 2.75) is 13.3 Å². The summed E-state index contributed by atoms with van der Waals surface area (Å²) >= 11 is 0. The van der Waals surface area contributed by atoms with Crippen LogP contribution >= 0.6 is 0 Å². The minimum atomic E-state index is -4.69. The van der Waals surface area contributed by atoms with Crippen LogP contribution in [0.15, 0.2) is 18.2 Å². The summed E-state index contributed by atoms with van der Waals surface area (Å²) in [6.45, 7) is 0.549. The third-order valence-electron chi connectivity index (χ3n) is 2.12. The van der Waals surface area contributed by atoms with Gasteiger partial charge in [0.2, 0.25) is 0 Å². The van der Waals surface area contributed by atoms with E-state index in [9.17, 15) is 18.0 Å². The van der Waals surface area contributed by atoms with E-state index in [4.69, 9.17) is 9.84 Å². The summed E-state index contributed by atoms with van der Waals surface area (Å²) in [6.07, 6.45) is -4.69. The van der Waals surface area contributed by atoms with Crippen LogP contribution in [0.25, 0.3) is 0 Å². The molecule has 100 valence electrons. The van der Waals surface area contributed by atoms with Crippen LogP contribution in [-0.4, -0.2) is 30.7 Å². The molecule has 1 aromatic rings. The van der Waals surface area contributed by atoms with Crippen LogP contribution in [0.2, 0.25) is 0 Å². The molecule has 1 rings (SSSR count). The molecule has 0 spiro atoms. The first-order valence-corrected chi connectivity index (χ1v) is 4.97. The number of hydrogen-bond acceptors (Lipinski definition) is 3. The van der Waals surface area contributed by atoms with Crippen LogP contribution in [0, 0.1) is 6.92 Å². The lowest BCUT2D eigenvalue weighted by atomic mass is 10.1. The average molecular weight is 264 g/mol. The molecule has 0 aliphatic carbocycles. The third-order valence-corrected chi connectivity index (χ3v) is 2.12. The molecule has 1 N–H and O–H groups in total. The van der Waals surface area contributed by atoms with Crippen molar-refractivity contribution in [2.24, 2.45) is 0 Å². The molecule has 0 saturated carbocycles. The Bertz CT molecular complexity index is 429. The second kappa shape index (κ2) is 5.72. The van der Waals surface area contributed by atoms with E-state index in [2.05, 4.69) is 4.74 Å². The lowest BCUT2D eigenvalue weighted by molar-refractivity contribution is -0.325. The molecule has 4 nitrogen and oxygen atoms in total. The molecule has 0 aliphatic rings. The Balaban J connectivity index is 2.58. The van der Waals surface area contributed by atoms with Gasteiger partial charge in [0.15, 0.2) is 0 Å². The number of alkyl halides is 3. The molecule has 0 bridgehead atoms. The molecule has 0 unspecified atom stereocenters. The van der Waals surface area contributed by atoms with Crippen LogP contribution in [0.1, 0.15) is 15.9 Å². The normalized spacial score (nSPS) is 11.3. The molecule has 0 saturated heterocycles. The molecule has 1 aromatic carbocycles. The fourth-order valence-electron chi connectivity index (χ4n) is 1.31. The molecular weight excluding hydrogens is 253 g/mol. The predicted octanol–water partition coefficient (Wildman–Crippen LogP) is 2.61. The van der Waals surface area contributed by atoms with Crippen molar-refractivity contribution in [2.75, 3.05) is 13.2 Å². The first-order valence-electron chi connectivity index (χ1n) is 4.97. The monoisotopic (exact) mass is 264 g/mol. The Morgan fingerprint density at radius 2 is 2.00 bits per heavy atom. The van der Waals surface area contributed by atoms with Crippen molar-refractivity contribution < 1.29 is 32.5 Å². The molecule has 0 amide bonds. The van der Waals surface area contributed by atoms with Crippen LogP contribution in [0.4, 0.5) is 13.2 Å². The number of carbonyl (C=O) groups is 1. The van der Waals surface area contributed by atoms with Gasteiger partial charge in [-0.1, -0.05) is 6.07 Å². The molecule has 0 heterocycles. The second-order valence-electron chi connectivity index (χ2n) is 3.38. The van der Waals surface area contributed by atoms with Crippen molar-refractivity contribution in [1.82, 2.24) is 0 Å². The Kier molecular flexibility index (Phi) is 4.55. The molecule has 0 atom stereocenters. The van der Waals surface area contributed by atoms with E-state index in [1.54, 1.807) is 0 Å². The maximum absolute atomic E-state index is 11.7. The highest BCUT2D eigenvalue weighted by molar-refractivity contribution is 5.90. The van der Waals surface area contributed by atoms with Gasteiger partial charge >= 0.3 is 12.3 Å². The van der Waals surface area contributed by atoms with Gasteiger partial charge in [0.05, 0.1) is 12.2 Å². The summed E-state index contributed by atoms with van der Waals surface area (Å²) in [5, 5.41) is 8.84. The van der Waals surface area contributed by atoms with Gasteiger partial charge in [-0.3, -0.25) is 4.74 Å². The smallest absolute Gasteiger partial charge is 0.491 e. The van der Waals surface area contributed by atoms with E-state index in [1.165, 1.54) is 25.1 Å². The van der Waals surface area contributed by atoms with Gasteiger partial charge in [0.1, 0.15) is 12.4 Å². The number of carboxylic acid groups (broad SMARTS) is 1. The van der Waals surface area contributed by atoms with E-state index in [0.717, 1.165) is 0 Å². The quantitative estimate of drug-likeness (QED) is 0.830. The van der Waals surface area contributed by atoms with Crippen LogP contribution < -0.4 is 4.74 Å². The number of hydrogen-bond donors (Lipinski definition) is 1. The minimum absolute atomic E-state index is 0.0456.